The third-order valence-electron chi connectivity index (χ3n) is 5.23. The lowest BCUT2D eigenvalue weighted by molar-refractivity contribution is -0.140. The number of aliphatic hydroxyl groups excluding tert-OH is 1. The van der Waals surface area contributed by atoms with E-state index in [1.165, 1.54) is 16.9 Å². The minimum absolute atomic E-state index is 0.00462. The molecule has 1 heterocycles. The van der Waals surface area contributed by atoms with E-state index in [1.54, 1.807) is 0 Å². The number of alkyl halides is 3. The highest BCUT2D eigenvalue weighted by molar-refractivity contribution is 5.92. The van der Waals surface area contributed by atoms with Gasteiger partial charge in [-0.05, 0) is 42.4 Å². The van der Waals surface area contributed by atoms with Gasteiger partial charge in [0.15, 0.2) is 5.69 Å². The summed E-state index contributed by atoms with van der Waals surface area (Å²) in [6.07, 6.45) is -1.59. The molecule has 6 nitrogen and oxygen atoms in total. The van der Waals surface area contributed by atoms with Gasteiger partial charge in [0.05, 0.1) is 24.4 Å². The fourth-order valence-electron chi connectivity index (χ4n) is 3.67. The van der Waals surface area contributed by atoms with E-state index in [0.29, 0.717) is 18.9 Å². The SMILES string of the molecule is O=C(NC1CC12CC(O)C2)c1cn(Cc2ccc(F)c(C(F)(F)F)c2)nn1. The van der Waals surface area contributed by atoms with Crippen molar-refractivity contribution in [2.45, 2.75) is 44.1 Å². The van der Waals surface area contributed by atoms with Crippen LogP contribution in [0.15, 0.2) is 24.4 Å². The Bertz CT molecular complexity index is 889. The van der Waals surface area contributed by atoms with Gasteiger partial charge in [0.1, 0.15) is 5.82 Å². The van der Waals surface area contributed by atoms with Crippen LogP contribution in [0.4, 0.5) is 17.6 Å². The molecule has 1 atom stereocenters. The summed E-state index contributed by atoms with van der Waals surface area (Å²) >= 11 is 0. The molecule has 2 aromatic rings. The van der Waals surface area contributed by atoms with E-state index in [2.05, 4.69) is 15.6 Å². The van der Waals surface area contributed by atoms with Crippen molar-refractivity contribution >= 4 is 5.91 Å². The molecule has 0 saturated heterocycles. The molecule has 0 radical (unpaired) electrons. The number of halogens is 4. The molecule has 2 aliphatic carbocycles. The number of nitrogens with one attached hydrogen (secondary N) is 1. The maximum atomic E-state index is 13.3. The number of amides is 1. The van der Waals surface area contributed by atoms with Crippen LogP contribution >= 0.6 is 0 Å². The lowest BCUT2D eigenvalue weighted by Crippen LogP contribution is -2.38. The van der Waals surface area contributed by atoms with E-state index in [0.717, 1.165) is 12.5 Å². The number of benzene rings is 1. The Kier molecular flexibility index (Phi) is 3.99. The van der Waals surface area contributed by atoms with Gasteiger partial charge in [-0.1, -0.05) is 11.3 Å². The van der Waals surface area contributed by atoms with Crippen molar-refractivity contribution in [3.63, 3.8) is 0 Å². The lowest BCUT2D eigenvalue weighted by atomic mass is 9.78. The number of aliphatic hydroxyl groups is 1. The number of rotatable bonds is 4. The van der Waals surface area contributed by atoms with Gasteiger partial charge in [0, 0.05) is 6.04 Å². The molecule has 10 heteroatoms. The fourth-order valence-corrected chi connectivity index (χ4v) is 3.67. The fraction of sp³-hybridized carbons (Fsp3) is 0.471. The number of carbonyl (C=O) groups is 1. The molecule has 27 heavy (non-hydrogen) atoms. The molecule has 1 aromatic carbocycles. The van der Waals surface area contributed by atoms with Crippen LogP contribution in [-0.2, 0) is 12.7 Å². The van der Waals surface area contributed by atoms with E-state index in [4.69, 9.17) is 0 Å². The average Bonchev–Trinajstić information content (AvgIpc) is 3.03. The summed E-state index contributed by atoms with van der Waals surface area (Å²) in [5.74, 6) is -1.76. The standard InChI is InChI=1S/C17H16F4N4O2/c18-12-2-1-9(3-11(12)17(19,20)21)7-25-8-13(23-24-25)15(27)22-14-6-16(14)4-10(26)5-16/h1-3,8,10,14,26H,4-7H2,(H,22,27). The highest BCUT2D eigenvalue weighted by atomic mass is 19.4. The van der Waals surface area contributed by atoms with Gasteiger partial charge in [-0.3, -0.25) is 4.79 Å². The molecule has 2 aliphatic rings. The molecule has 2 fully saturated rings. The molecule has 0 bridgehead atoms. The Morgan fingerprint density at radius 3 is 2.74 bits per heavy atom. The van der Waals surface area contributed by atoms with Crippen molar-refractivity contribution in [1.82, 2.24) is 20.3 Å². The molecule has 144 valence electrons. The maximum absolute atomic E-state index is 13.3. The number of nitrogens with zero attached hydrogens (tertiary/aromatic N) is 3. The zero-order valence-corrected chi connectivity index (χ0v) is 14.0. The minimum Gasteiger partial charge on any atom is -0.393 e. The van der Waals surface area contributed by atoms with E-state index in [1.807, 2.05) is 0 Å². The van der Waals surface area contributed by atoms with E-state index in [-0.39, 0.29) is 35.4 Å². The average molecular weight is 384 g/mol. The molecule has 1 aromatic heterocycles. The van der Waals surface area contributed by atoms with E-state index in [9.17, 15) is 27.5 Å². The second-order valence-corrected chi connectivity index (χ2v) is 7.27. The number of hydrogen-bond donors (Lipinski definition) is 2. The number of aromatic nitrogens is 3. The Morgan fingerprint density at radius 1 is 1.33 bits per heavy atom. The Balaban J connectivity index is 1.41. The molecular weight excluding hydrogens is 368 g/mol. The van der Waals surface area contributed by atoms with Gasteiger partial charge in [-0.15, -0.1) is 5.10 Å². The van der Waals surface area contributed by atoms with Crippen LogP contribution in [0, 0.1) is 11.2 Å². The monoisotopic (exact) mass is 384 g/mol. The highest BCUT2D eigenvalue weighted by Gasteiger charge is 2.62. The summed E-state index contributed by atoms with van der Waals surface area (Å²) in [6, 6.07) is 2.70. The number of carbonyl (C=O) groups excluding carboxylic acids is 1. The summed E-state index contributed by atoms with van der Waals surface area (Å²) in [6.45, 7) is -0.0802. The van der Waals surface area contributed by atoms with Crippen LogP contribution in [0.1, 0.15) is 40.9 Å². The third kappa shape index (κ3) is 3.41. The van der Waals surface area contributed by atoms with Crippen LogP contribution in [0.3, 0.4) is 0 Å². The van der Waals surface area contributed by atoms with Gasteiger partial charge in [0.25, 0.3) is 5.91 Å². The smallest absolute Gasteiger partial charge is 0.393 e. The van der Waals surface area contributed by atoms with E-state index < -0.39 is 23.5 Å². The largest absolute Gasteiger partial charge is 0.419 e. The molecule has 2 N–H and O–H groups in total. The van der Waals surface area contributed by atoms with Crippen molar-refractivity contribution in [2.24, 2.45) is 5.41 Å². The van der Waals surface area contributed by atoms with Gasteiger partial charge in [-0.2, -0.15) is 13.2 Å². The number of hydrogen-bond acceptors (Lipinski definition) is 4. The summed E-state index contributed by atoms with van der Waals surface area (Å²) < 4.78 is 52.9. The van der Waals surface area contributed by atoms with Gasteiger partial charge < -0.3 is 10.4 Å². The first-order valence-electron chi connectivity index (χ1n) is 8.41. The quantitative estimate of drug-likeness (QED) is 0.792. The molecule has 1 amide bonds. The first kappa shape index (κ1) is 17.9. The second kappa shape index (κ2) is 6.01. The predicted octanol–water partition coefficient (Wildman–Crippen LogP) is 2.13. The highest BCUT2D eigenvalue weighted by Crippen LogP contribution is 2.60. The third-order valence-corrected chi connectivity index (χ3v) is 5.23. The maximum Gasteiger partial charge on any atom is 0.419 e. The Labute approximate surface area is 151 Å². The summed E-state index contributed by atoms with van der Waals surface area (Å²) in [5, 5.41) is 19.7. The Hall–Kier alpha value is -2.49. The molecule has 4 rings (SSSR count). The van der Waals surface area contributed by atoms with Crippen LogP contribution < -0.4 is 5.32 Å². The molecule has 1 spiro atoms. The van der Waals surface area contributed by atoms with Gasteiger partial charge in [0.2, 0.25) is 0 Å². The summed E-state index contributed by atoms with van der Waals surface area (Å²) in [7, 11) is 0. The first-order valence-corrected chi connectivity index (χ1v) is 8.41. The van der Waals surface area contributed by atoms with Crippen LogP contribution in [0.5, 0.6) is 0 Å². The van der Waals surface area contributed by atoms with Crippen molar-refractivity contribution in [3.8, 4) is 0 Å². The lowest BCUT2D eigenvalue weighted by Gasteiger charge is -2.32. The van der Waals surface area contributed by atoms with Crippen LogP contribution in [0.25, 0.3) is 0 Å². The van der Waals surface area contributed by atoms with Crippen LogP contribution in [0.2, 0.25) is 0 Å². The second-order valence-electron chi connectivity index (χ2n) is 7.27. The van der Waals surface area contributed by atoms with Gasteiger partial charge >= 0.3 is 6.18 Å². The predicted molar refractivity (Wildman–Crippen MR) is 84.1 cm³/mol. The molecule has 1 unspecified atom stereocenters. The summed E-state index contributed by atoms with van der Waals surface area (Å²) in [5.41, 5.74) is -1.10. The van der Waals surface area contributed by atoms with E-state index >= 15 is 0 Å². The molecular formula is C17H16F4N4O2. The zero-order chi connectivity index (χ0) is 19.4. The topological polar surface area (TPSA) is 80.0 Å². The van der Waals surface area contributed by atoms with Crippen LogP contribution in [-0.4, -0.2) is 38.2 Å². The van der Waals surface area contributed by atoms with Crippen molar-refractivity contribution in [1.29, 1.82) is 0 Å². The normalized spacial score (nSPS) is 26.7. The first-order chi connectivity index (χ1) is 12.7. The van der Waals surface area contributed by atoms with Crippen molar-refractivity contribution in [2.75, 3.05) is 0 Å². The summed E-state index contributed by atoms with van der Waals surface area (Å²) in [4.78, 5) is 12.2. The Morgan fingerprint density at radius 2 is 2.07 bits per heavy atom. The minimum atomic E-state index is -4.79. The van der Waals surface area contributed by atoms with Crippen molar-refractivity contribution < 1.29 is 27.5 Å². The molecule has 0 aliphatic heterocycles. The van der Waals surface area contributed by atoms with Crippen molar-refractivity contribution in [3.05, 3.63) is 47.0 Å². The van der Waals surface area contributed by atoms with Gasteiger partial charge in [-0.25, -0.2) is 9.07 Å². The zero-order valence-electron chi connectivity index (χ0n) is 14.0. The molecule has 2 saturated carbocycles.